The van der Waals surface area contributed by atoms with Crippen molar-refractivity contribution >= 4 is 29.5 Å². The van der Waals surface area contributed by atoms with Gasteiger partial charge in [0, 0.05) is 25.3 Å². The van der Waals surface area contributed by atoms with E-state index in [1.165, 1.54) is 11.8 Å². The smallest absolute Gasteiger partial charge is 0.322 e. The molecule has 0 radical (unpaired) electrons. The molecule has 2 aromatic carbocycles. The molecule has 2 aliphatic rings. The van der Waals surface area contributed by atoms with Crippen molar-refractivity contribution < 1.29 is 19.5 Å². The molecule has 168 valence electrons. The molecule has 1 unspecified atom stereocenters. The summed E-state index contributed by atoms with van der Waals surface area (Å²) < 4.78 is 0. The fraction of sp³-hybridized carbons (Fsp3) is 0.400. The van der Waals surface area contributed by atoms with E-state index < -0.39 is 16.8 Å². The largest absolute Gasteiger partial charge is 0.481 e. The number of hydrogen-bond donors (Lipinski definition) is 1. The van der Waals surface area contributed by atoms with Gasteiger partial charge in [-0.2, -0.15) is 0 Å². The molecule has 2 heterocycles. The lowest BCUT2D eigenvalue weighted by Gasteiger charge is -2.36. The first-order chi connectivity index (χ1) is 15.4. The minimum absolute atomic E-state index is 0.0244. The van der Waals surface area contributed by atoms with Crippen LogP contribution in [0.15, 0.2) is 60.7 Å². The first-order valence-corrected chi connectivity index (χ1v) is 12.0. The maximum atomic E-state index is 13.7. The lowest BCUT2D eigenvalue weighted by Crippen LogP contribution is -2.50. The van der Waals surface area contributed by atoms with E-state index in [-0.39, 0.29) is 24.3 Å². The first kappa shape index (κ1) is 22.4. The van der Waals surface area contributed by atoms with E-state index in [0.717, 1.165) is 11.1 Å². The van der Waals surface area contributed by atoms with Crippen LogP contribution < -0.4 is 0 Å². The number of rotatable bonds is 9. The lowest BCUT2D eigenvalue weighted by molar-refractivity contribution is -0.141. The zero-order valence-corrected chi connectivity index (χ0v) is 19.0. The van der Waals surface area contributed by atoms with Gasteiger partial charge in [0.05, 0.1) is 12.0 Å². The second-order valence-electron chi connectivity index (χ2n) is 8.55. The van der Waals surface area contributed by atoms with Gasteiger partial charge in [-0.25, -0.2) is 4.79 Å². The number of nitrogens with zero attached hydrogens (tertiary/aromatic N) is 2. The standard InChI is InChI=1S/C25H28N2O4S/c1-18(23(29)30)9-8-14-22(28)25(20-12-6-3-7-13-20)27-21(17-32-25)16-26(24(27)31)15-19-10-4-2-5-11-19/h2-7,10-13,18,21H,8-9,14-17H2,1H3,(H,29,30)/t18?,21-,25+/m1/s1. The third-order valence-electron chi connectivity index (χ3n) is 6.32. The van der Waals surface area contributed by atoms with Crippen LogP contribution in [-0.2, 0) is 21.0 Å². The summed E-state index contributed by atoms with van der Waals surface area (Å²) in [5.74, 6) is -0.668. The second-order valence-corrected chi connectivity index (χ2v) is 9.76. The summed E-state index contributed by atoms with van der Waals surface area (Å²) in [7, 11) is 0. The average Bonchev–Trinajstić information content (AvgIpc) is 3.33. The van der Waals surface area contributed by atoms with Gasteiger partial charge in [0.25, 0.3) is 0 Å². The van der Waals surface area contributed by atoms with Crippen LogP contribution in [-0.4, -0.2) is 51.0 Å². The van der Waals surface area contributed by atoms with E-state index in [1.54, 1.807) is 11.8 Å². The third-order valence-corrected chi connectivity index (χ3v) is 7.95. The summed E-state index contributed by atoms with van der Waals surface area (Å²) in [5.41, 5.74) is 1.88. The van der Waals surface area contributed by atoms with Gasteiger partial charge in [0.15, 0.2) is 10.7 Å². The van der Waals surface area contributed by atoms with Crippen molar-refractivity contribution in [3.8, 4) is 0 Å². The van der Waals surface area contributed by atoms with Crippen molar-refractivity contribution in [3.63, 3.8) is 0 Å². The number of ketones is 1. The fourth-order valence-electron chi connectivity index (χ4n) is 4.59. The van der Waals surface area contributed by atoms with Crippen LogP contribution in [0, 0.1) is 5.92 Å². The van der Waals surface area contributed by atoms with Crippen molar-refractivity contribution in [1.82, 2.24) is 9.80 Å². The number of carbonyl (C=O) groups is 3. The lowest BCUT2D eigenvalue weighted by atomic mass is 9.94. The zero-order valence-electron chi connectivity index (χ0n) is 18.1. The summed E-state index contributed by atoms with van der Waals surface area (Å²) in [6, 6.07) is 19.3. The Kier molecular flexibility index (Phi) is 6.55. The summed E-state index contributed by atoms with van der Waals surface area (Å²) in [6.45, 7) is 2.77. The summed E-state index contributed by atoms with van der Waals surface area (Å²) in [4.78, 5) is 41.0. The number of hydrogen-bond acceptors (Lipinski definition) is 4. The van der Waals surface area contributed by atoms with Crippen molar-refractivity contribution in [1.29, 1.82) is 0 Å². The SMILES string of the molecule is CC(CCCC(=O)[C@]1(c2ccccc2)SC[C@H]2CN(Cc3ccccc3)C(=O)N21)C(=O)O. The summed E-state index contributed by atoms with van der Waals surface area (Å²) in [6.07, 6.45) is 1.17. The minimum atomic E-state index is -1.05. The Balaban J connectivity index is 1.59. The molecule has 0 saturated carbocycles. The Labute approximate surface area is 192 Å². The van der Waals surface area contributed by atoms with Crippen molar-refractivity contribution in [2.75, 3.05) is 12.3 Å². The number of aliphatic carboxylic acids is 1. The van der Waals surface area contributed by atoms with Gasteiger partial charge in [-0.15, -0.1) is 11.8 Å². The number of carboxylic acids is 1. The molecular formula is C25H28N2O4S. The Morgan fingerprint density at radius 2 is 1.78 bits per heavy atom. The van der Waals surface area contributed by atoms with Crippen LogP contribution in [0.5, 0.6) is 0 Å². The van der Waals surface area contributed by atoms with Gasteiger partial charge < -0.3 is 10.0 Å². The molecule has 2 aliphatic heterocycles. The van der Waals surface area contributed by atoms with E-state index in [4.69, 9.17) is 5.11 Å². The molecular weight excluding hydrogens is 424 g/mol. The Bertz CT molecular complexity index is 984. The highest BCUT2D eigenvalue weighted by Gasteiger charge is 2.59. The maximum absolute atomic E-state index is 13.7. The van der Waals surface area contributed by atoms with Gasteiger partial charge in [-0.1, -0.05) is 67.6 Å². The zero-order chi connectivity index (χ0) is 22.7. The summed E-state index contributed by atoms with van der Waals surface area (Å²) >= 11 is 1.53. The molecule has 3 atom stereocenters. The number of benzene rings is 2. The van der Waals surface area contributed by atoms with Gasteiger partial charge in [-0.05, 0) is 24.0 Å². The Morgan fingerprint density at radius 3 is 2.44 bits per heavy atom. The van der Waals surface area contributed by atoms with Crippen molar-refractivity contribution in [2.24, 2.45) is 5.92 Å². The molecule has 7 heteroatoms. The summed E-state index contributed by atoms with van der Waals surface area (Å²) in [5, 5.41) is 9.15. The number of carbonyl (C=O) groups excluding carboxylic acids is 2. The molecule has 2 fully saturated rings. The molecule has 0 bridgehead atoms. The molecule has 1 N–H and O–H groups in total. The van der Waals surface area contributed by atoms with Gasteiger partial charge in [0.2, 0.25) is 0 Å². The van der Waals surface area contributed by atoms with E-state index in [9.17, 15) is 14.4 Å². The molecule has 6 nitrogen and oxygen atoms in total. The van der Waals surface area contributed by atoms with Crippen molar-refractivity contribution in [3.05, 3.63) is 71.8 Å². The number of carboxylic acid groups (broad SMARTS) is 1. The van der Waals surface area contributed by atoms with Crippen LogP contribution in [0.4, 0.5) is 4.79 Å². The Hall–Kier alpha value is -2.80. The molecule has 32 heavy (non-hydrogen) atoms. The van der Waals surface area contributed by atoms with Gasteiger partial charge in [-0.3, -0.25) is 14.5 Å². The van der Waals surface area contributed by atoms with E-state index in [1.807, 2.05) is 65.6 Å². The highest BCUT2D eigenvalue weighted by atomic mass is 32.2. The minimum Gasteiger partial charge on any atom is -0.481 e. The van der Waals surface area contributed by atoms with Crippen LogP contribution in [0.2, 0.25) is 0 Å². The first-order valence-electron chi connectivity index (χ1n) is 11.0. The van der Waals surface area contributed by atoms with Crippen LogP contribution in [0.25, 0.3) is 0 Å². The predicted molar refractivity (Wildman–Crippen MR) is 124 cm³/mol. The monoisotopic (exact) mass is 452 g/mol. The highest BCUT2D eigenvalue weighted by molar-refractivity contribution is 8.01. The van der Waals surface area contributed by atoms with Crippen LogP contribution in [0.3, 0.4) is 0 Å². The second kappa shape index (κ2) is 9.36. The molecule has 0 aromatic heterocycles. The van der Waals surface area contributed by atoms with Crippen LogP contribution in [0.1, 0.15) is 37.3 Å². The molecule has 2 amide bonds. The topological polar surface area (TPSA) is 77.9 Å². The van der Waals surface area contributed by atoms with Crippen LogP contribution >= 0.6 is 11.8 Å². The molecule has 0 spiro atoms. The molecule has 0 aliphatic carbocycles. The Morgan fingerprint density at radius 1 is 1.12 bits per heavy atom. The van der Waals surface area contributed by atoms with E-state index in [2.05, 4.69) is 0 Å². The number of fused-ring (bicyclic) bond motifs is 1. The fourth-order valence-corrected chi connectivity index (χ4v) is 6.21. The third kappa shape index (κ3) is 4.13. The number of amides is 2. The molecule has 2 aromatic rings. The average molecular weight is 453 g/mol. The van der Waals surface area contributed by atoms with Gasteiger partial charge in [0.1, 0.15) is 0 Å². The van der Waals surface area contributed by atoms with Gasteiger partial charge >= 0.3 is 12.0 Å². The number of thioether (sulfide) groups is 1. The quantitative estimate of drug-likeness (QED) is 0.612. The van der Waals surface area contributed by atoms with E-state index >= 15 is 0 Å². The normalized spacial score (nSPS) is 23.3. The maximum Gasteiger partial charge on any atom is 0.322 e. The molecule has 4 rings (SSSR count). The predicted octanol–water partition coefficient (Wildman–Crippen LogP) is 4.35. The van der Waals surface area contributed by atoms with E-state index in [0.29, 0.717) is 31.7 Å². The molecule has 2 saturated heterocycles. The number of Topliss-reactive ketones (excluding diaryl/α,β-unsaturated/α-hetero) is 1. The highest BCUT2D eigenvalue weighted by Crippen LogP contribution is 2.51. The number of urea groups is 1. The van der Waals surface area contributed by atoms with Crippen molar-refractivity contribution in [2.45, 2.75) is 43.6 Å².